The summed E-state index contributed by atoms with van der Waals surface area (Å²) in [6, 6.07) is 6.22. The molecule has 0 radical (unpaired) electrons. The molecular weight excluding hydrogens is 306 g/mol. The van der Waals surface area contributed by atoms with Gasteiger partial charge in [-0.3, -0.25) is 4.79 Å². The van der Waals surface area contributed by atoms with Gasteiger partial charge >= 0.3 is 0 Å². The molecule has 0 aromatic heterocycles. The Morgan fingerprint density at radius 3 is 3.00 bits per heavy atom. The van der Waals surface area contributed by atoms with Gasteiger partial charge in [-0.2, -0.15) is 0 Å². The number of rotatable bonds is 1. The highest BCUT2D eigenvalue weighted by molar-refractivity contribution is 9.10. The zero-order valence-electron chi connectivity index (χ0n) is 11.0. The van der Waals surface area contributed by atoms with E-state index < -0.39 is 0 Å². The third kappa shape index (κ3) is 2.31. The molecule has 1 N–H and O–H groups in total. The van der Waals surface area contributed by atoms with Gasteiger partial charge in [-0.15, -0.1) is 0 Å². The highest BCUT2D eigenvalue weighted by Gasteiger charge is 2.33. The number of nitrogens with zero attached hydrogens (tertiary/aromatic N) is 2. The second-order valence-electron chi connectivity index (χ2n) is 5.24. The highest BCUT2D eigenvalue weighted by atomic mass is 79.9. The fraction of sp³-hybridized carbons (Fsp3) is 0.500. The van der Waals surface area contributed by atoms with Crippen LogP contribution in [0.5, 0.6) is 0 Å². The minimum atomic E-state index is -0.0348. The van der Waals surface area contributed by atoms with Gasteiger partial charge in [-0.25, -0.2) is 0 Å². The summed E-state index contributed by atoms with van der Waals surface area (Å²) in [4.78, 5) is 16.6. The van der Waals surface area contributed by atoms with E-state index >= 15 is 0 Å². The Balaban J connectivity index is 1.93. The number of amides is 1. The SMILES string of the molecule is CN1CN(C2CCCCNC2=O)c2ccc(Br)cc21. The van der Waals surface area contributed by atoms with E-state index in [4.69, 9.17) is 0 Å². The Labute approximate surface area is 121 Å². The fourth-order valence-electron chi connectivity index (χ4n) is 2.91. The Morgan fingerprint density at radius 1 is 1.32 bits per heavy atom. The average Bonchev–Trinajstić information content (AvgIpc) is 2.57. The Kier molecular flexibility index (Phi) is 3.39. The summed E-state index contributed by atoms with van der Waals surface area (Å²) in [7, 11) is 2.07. The molecule has 5 heteroatoms. The number of carbonyl (C=O) groups is 1. The van der Waals surface area contributed by atoms with Crippen LogP contribution in [-0.4, -0.2) is 32.2 Å². The van der Waals surface area contributed by atoms with Crippen molar-refractivity contribution in [3.8, 4) is 0 Å². The molecule has 1 aromatic rings. The number of hydrogen-bond acceptors (Lipinski definition) is 3. The van der Waals surface area contributed by atoms with Gasteiger partial charge < -0.3 is 15.1 Å². The number of carbonyl (C=O) groups excluding carboxylic acids is 1. The lowest BCUT2D eigenvalue weighted by atomic mass is 10.1. The normalized spacial score (nSPS) is 23.1. The molecule has 2 aliphatic rings. The minimum absolute atomic E-state index is 0.0348. The van der Waals surface area contributed by atoms with Crippen LogP contribution in [0, 0.1) is 0 Å². The van der Waals surface area contributed by atoms with Gasteiger partial charge in [0.1, 0.15) is 6.04 Å². The van der Waals surface area contributed by atoms with Crippen molar-refractivity contribution in [2.24, 2.45) is 0 Å². The lowest BCUT2D eigenvalue weighted by Gasteiger charge is -2.27. The van der Waals surface area contributed by atoms with E-state index in [0.29, 0.717) is 0 Å². The van der Waals surface area contributed by atoms with E-state index in [1.165, 1.54) is 5.69 Å². The molecule has 1 saturated heterocycles. The molecule has 4 nitrogen and oxygen atoms in total. The summed E-state index contributed by atoms with van der Waals surface area (Å²) in [5.74, 6) is 0.168. The predicted molar refractivity (Wildman–Crippen MR) is 80.5 cm³/mol. The lowest BCUT2D eigenvalue weighted by molar-refractivity contribution is -0.122. The number of halogens is 1. The molecule has 0 spiro atoms. The van der Waals surface area contributed by atoms with Crippen LogP contribution in [0.15, 0.2) is 22.7 Å². The van der Waals surface area contributed by atoms with Crippen LogP contribution in [0.1, 0.15) is 19.3 Å². The van der Waals surface area contributed by atoms with Crippen molar-refractivity contribution in [2.45, 2.75) is 25.3 Å². The molecule has 2 heterocycles. The van der Waals surface area contributed by atoms with Crippen LogP contribution in [-0.2, 0) is 4.79 Å². The first-order valence-electron chi connectivity index (χ1n) is 6.72. The zero-order valence-corrected chi connectivity index (χ0v) is 12.6. The van der Waals surface area contributed by atoms with Gasteiger partial charge in [-0.05, 0) is 37.5 Å². The van der Waals surface area contributed by atoms with Crippen molar-refractivity contribution in [3.63, 3.8) is 0 Å². The first-order valence-corrected chi connectivity index (χ1v) is 7.51. The van der Waals surface area contributed by atoms with Gasteiger partial charge in [-0.1, -0.05) is 15.9 Å². The van der Waals surface area contributed by atoms with Crippen LogP contribution in [0.25, 0.3) is 0 Å². The smallest absolute Gasteiger partial charge is 0.242 e. The molecule has 0 bridgehead atoms. The number of anilines is 2. The predicted octanol–water partition coefficient (Wildman–Crippen LogP) is 2.33. The van der Waals surface area contributed by atoms with E-state index in [1.807, 2.05) is 6.07 Å². The maximum Gasteiger partial charge on any atom is 0.242 e. The molecule has 1 fully saturated rings. The van der Waals surface area contributed by atoms with Crippen molar-refractivity contribution in [2.75, 3.05) is 30.1 Å². The van der Waals surface area contributed by atoms with Crippen molar-refractivity contribution in [3.05, 3.63) is 22.7 Å². The van der Waals surface area contributed by atoms with E-state index in [0.717, 1.165) is 42.6 Å². The quantitative estimate of drug-likeness (QED) is 0.861. The van der Waals surface area contributed by atoms with Crippen molar-refractivity contribution >= 4 is 33.2 Å². The van der Waals surface area contributed by atoms with Gasteiger partial charge in [0.05, 0.1) is 18.0 Å². The van der Waals surface area contributed by atoms with Crippen LogP contribution in [0.4, 0.5) is 11.4 Å². The summed E-state index contributed by atoms with van der Waals surface area (Å²) in [5.41, 5.74) is 2.35. The van der Waals surface area contributed by atoms with Crippen molar-refractivity contribution < 1.29 is 4.79 Å². The highest BCUT2D eigenvalue weighted by Crippen LogP contribution is 2.39. The van der Waals surface area contributed by atoms with Gasteiger partial charge in [0.2, 0.25) is 5.91 Å². The van der Waals surface area contributed by atoms with Gasteiger partial charge in [0, 0.05) is 18.1 Å². The topological polar surface area (TPSA) is 35.6 Å². The second-order valence-corrected chi connectivity index (χ2v) is 6.16. The molecule has 1 unspecified atom stereocenters. The monoisotopic (exact) mass is 323 g/mol. The molecule has 3 rings (SSSR count). The summed E-state index contributed by atoms with van der Waals surface area (Å²) in [6.45, 7) is 1.59. The molecule has 2 aliphatic heterocycles. The second kappa shape index (κ2) is 5.04. The standard InChI is InChI=1S/C14H18BrN3O/c1-17-9-18(11-6-5-10(15)8-13(11)17)12-4-2-3-7-16-14(12)19/h5-6,8,12H,2-4,7,9H2,1H3,(H,16,19). The molecule has 0 aliphatic carbocycles. The number of hydrogen-bond donors (Lipinski definition) is 1. The molecular formula is C14H18BrN3O. The Morgan fingerprint density at radius 2 is 2.16 bits per heavy atom. The van der Waals surface area contributed by atoms with E-state index in [1.54, 1.807) is 0 Å². The average molecular weight is 324 g/mol. The zero-order chi connectivity index (χ0) is 13.4. The van der Waals surface area contributed by atoms with E-state index in [2.05, 4.69) is 50.2 Å². The van der Waals surface area contributed by atoms with Crippen LogP contribution in [0.3, 0.4) is 0 Å². The number of fused-ring (bicyclic) bond motifs is 1. The van der Waals surface area contributed by atoms with E-state index in [9.17, 15) is 4.79 Å². The fourth-order valence-corrected chi connectivity index (χ4v) is 3.26. The molecule has 0 saturated carbocycles. The van der Waals surface area contributed by atoms with Crippen LogP contribution >= 0.6 is 15.9 Å². The molecule has 1 amide bonds. The summed E-state index contributed by atoms with van der Waals surface area (Å²) in [6.07, 6.45) is 3.13. The molecule has 102 valence electrons. The maximum atomic E-state index is 12.2. The van der Waals surface area contributed by atoms with Gasteiger partial charge in [0.15, 0.2) is 0 Å². The van der Waals surface area contributed by atoms with Crippen LogP contribution < -0.4 is 15.1 Å². The Hall–Kier alpha value is -1.23. The third-order valence-electron chi connectivity index (χ3n) is 3.91. The first-order chi connectivity index (χ1) is 9.16. The number of nitrogens with one attached hydrogen (secondary N) is 1. The molecule has 1 aromatic carbocycles. The maximum absolute atomic E-state index is 12.2. The molecule has 1 atom stereocenters. The Bertz CT molecular complexity index is 505. The first kappa shape index (κ1) is 12.8. The summed E-state index contributed by atoms with van der Waals surface area (Å²) < 4.78 is 1.07. The van der Waals surface area contributed by atoms with Crippen molar-refractivity contribution in [1.82, 2.24) is 5.32 Å². The third-order valence-corrected chi connectivity index (χ3v) is 4.40. The summed E-state index contributed by atoms with van der Waals surface area (Å²) >= 11 is 3.51. The van der Waals surface area contributed by atoms with Crippen molar-refractivity contribution in [1.29, 1.82) is 0 Å². The van der Waals surface area contributed by atoms with Gasteiger partial charge in [0.25, 0.3) is 0 Å². The van der Waals surface area contributed by atoms with Crippen LogP contribution in [0.2, 0.25) is 0 Å². The minimum Gasteiger partial charge on any atom is -0.355 e. The summed E-state index contributed by atoms with van der Waals surface area (Å²) in [5, 5.41) is 3.02. The lowest BCUT2D eigenvalue weighted by Crippen LogP contribution is -2.46. The molecule has 19 heavy (non-hydrogen) atoms. The number of benzene rings is 1. The largest absolute Gasteiger partial charge is 0.355 e. The van der Waals surface area contributed by atoms with E-state index in [-0.39, 0.29) is 11.9 Å².